The fraction of sp³-hybridized carbons (Fsp3) is 1.00. The van der Waals surface area contributed by atoms with Gasteiger partial charge in [0.1, 0.15) is 49.8 Å². The molecule has 0 bridgehead atoms. The van der Waals surface area contributed by atoms with Gasteiger partial charge in [-0.1, -0.05) is 0 Å². The topological polar surface area (TPSA) is 190 Å². The van der Waals surface area contributed by atoms with Crippen molar-refractivity contribution >= 4 is 0 Å². The Labute approximate surface area is 130 Å². The maximum atomic E-state index is 10.2. The Hall–Kier alpha value is -0.440. The summed E-state index contributed by atoms with van der Waals surface area (Å²) in [5.74, 6) is -4.61. The van der Waals surface area contributed by atoms with Crippen LogP contribution < -0.4 is 0 Å². The molecule has 2 rings (SSSR count). The molecular formula is C12H22O11. The van der Waals surface area contributed by atoms with Gasteiger partial charge in [0.05, 0.1) is 13.2 Å². The number of ether oxygens (including phenoxy) is 3. The highest BCUT2D eigenvalue weighted by molar-refractivity contribution is 4.95. The molecule has 0 aromatic heterocycles. The molecule has 0 aromatic rings. The van der Waals surface area contributed by atoms with Crippen LogP contribution in [0.5, 0.6) is 0 Å². The van der Waals surface area contributed by atoms with Gasteiger partial charge in [0.25, 0.3) is 0 Å². The van der Waals surface area contributed by atoms with Gasteiger partial charge < -0.3 is 55.1 Å². The van der Waals surface area contributed by atoms with Crippen LogP contribution in [-0.2, 0) is 14.2 Å². The molecule has 2 fully saturated rings. The second kappa shape index (κ2) is 6.82. The summed E-state index contributed by atoms with van der Waals surface area (Å²) in [7, 11) is 0. The van der Waals surface area contributed by atoms with Crippen LogP contribution in [0.25, 0.3) is 0 Å². The molecule has 0 spiro atoms. The summed E-state index contributed by atoms with van der Waals surface area (Å²) >= 11 is 0. The van der Waals surface area contributed by atoms with E-state index in [0.717, 1.165) is 0 Å². The highest BCUT2D eigenvalue weighted by atomic mass is 16.7. The summed E-state index contributed by atoms with van der Waals surface area (Å²) < 4.78 is 15.0. The van der Waals surface area contributed by atoms with E-state index in [4.69, 9.17) is 14.2 Å². The van der Waals surface area contributed by atoms with E-state index in [0.29, 0.717) is 0 Å². The normalized spacial score (nSPS) is 51.7. The number of hydrogen-bond acceptors (Lipinski definition) is 11. The lowest BCUT2D eigenvalue weighted by Gasteiger charge is -2.46. The molecule has 2 heterocycles. The standard InChI is InChI=1S/C12H22O11/c13-3-12(10(19)8(17)6(15)2-22-12)23-4-11(20)9(18)7(16)5(14)1-21-11/h5-10,13-20H,1-4H2/t5-,6-,7-,8-,9+,10+,11-,12+/m1/s1. The summed E-state index contributed by atoms with van der Waals surface area (Å²) in [5, 5.41) is 77.3. The smallest absolute Gasteiger partial charge is 0.221 e. The van der Waals surface area contributed by atoms with Gasteiger partial charge in [-0.05, 0) is 0 Å². The minimum Gasteiger partial charge on any atom is -0.391 e. The number of aliphatic hydroxyl groups excluding tert-OH is 7. The molecule has 8 atom stereocenters. The Morgan fingerprint density at radius 3 is 1.96 bits per heavy atom. The van der Waals surface area contributed by atoms with Crippen molar-refractivity contribution in [2.45, 2.75) is 48.2 Å². The summed E-state index contributed by atoms with van der Waals surface area (Å²) in [5.41, 5.74) is 0. The van der Waals surface area contributed by atoms with Crippen LogP contribution in [-0.4, -0.2) is 115 Å². The zero-order valence-electron chi connectivity index (χ0n) is 12.1. The van der Waals surface area contributed by atoms with Gasteiger partial charge in [-0.3, -0.25) is 0 Å². The minimum absolute atomic E-state index is 0.456. The third-order valence-corrected chi connectivity index (χ3v) is 4.09. The van der Waals surface area contributed by atoms with Crippen LogP contribution in [0.4, 0.5) is 0 Å². The van der Waals surface area contributed by atoms with Crippen molar-refractivity contribution in [3.8, 4) is 0 Å². The van der Waals surface area contributed by atoms with Crippen LogP contribution in [0.15, 0.2) is 0 Å². The monoisotopic (exact) mass is 342 g/mol. The van der Waals surface area contributed by atoms with Gasteiger partial charge in [0.2, 0.25) is 11.6 Å². The molecule has 0 amide bonds. The molecule has 2 saturated heterocycles. The van der Waals surface area contributed by atoms with Crippen molar-refractivity contribution in [3.05, 3.63) is 0 Å². The minimum atomic E-state index is -2.44. The van der Waals surface area contributed by atoms with E-state index in [9.17, 15) is 40.9 Å². The van der Waals surface area contributed by atoms with Gasteiger partial charge in [0, 0.05) is 0 Å². The first kappa shape index (κ1) is 18.9. The van der Waals surface area contributed by atoms with Crippen LogP contribution in [0.2, 0.25) is 0 Å². The first-order valence-corrected chi connectivity index (χ1v) is 7.00. The van der Waals surface area contributed by atoms with E-state index in [-0.39, 0.29) is 0 Å². The molecule has 136 valence electrons. The zero-order valence-corrected chi connectivity index (χ0v) is 12.1. The summed E-state index contributed by atoms with van der Waals surface area (Å²) in [6.45, 7) is -2.75. The van der Waals surface area contributed by atoms with Crippen molar-refractivity contribution in [3.63, 3.8) is 0 Å². The van der Waals surface area contributed by atoms with Gasteiger partial charge >= 0.3 is 0 Å². The van der Waals surface area contributed by atoms with Crippen molar-refractivity contribution in [1.82, 2.24) is 0 Å². The lowest BCUT2D eigenvalue weighted by Crippen LogP contribution is -2.67. The molecule has 0 unspecified atom stereocenters. The van der Waals surface area contributed by atoms with Gasteiger partial charge in [0.15, 0.2) is 0 Å². The highest BCUT2D eigenvalue weighted by Gasteiger charge is 2.54. The molecule has 2 aliphatic heterocycles. The van der Waals surface area contributed by atoms with E-state index in [1.54, 1.807) is 0 Å². The fourth-order valence-electron chi connectivity index (χ4n) is 2.44. The molecule has 2 aliphatic rings. The van der Waals surface area contributed by atoms with Gasteiger partial charge in [-0.2, -0.15) is 0 Å². The maximum absolute atomic E-state index is 10.2. The van der Waals surface area contributed by atoms with E-state index < -0.39 is 74.6 Å². The Morgan fingerprint density at radius 2 is 1.39 bits per heavy atom. The molecular weight excluding hydrogens is 320 g/mol. The van der Waals surface area contributed by atoms with Crippen LogP contribution in [0, 0.1) is 0 Å². The predicted molar refractivity (Wildman–Crippen MR) is 68.7 cm³/mol. The van der Waals surface area contributed by atoms with Gasteiger partial charge in [-0.25, -0.2) is 0 Å². The second-order valence-electron chi connectivity index (χ2n) is 5.73. The summed E-state index contributed by atoms with van der Waals surface area (Å²) in [6.07, 6.45) is -9.97. The molecule has 23 heavy (non-hydrogen) atoms. The molecule has 8 N–H and O–H groups in total. The van der Waals surface area contributed by atoms with E-state index >= 15 is 0 Å². The molecule has 0 saturated carbocycles. The quantitative estimate of drug-likeness (QED) is 0.243. The largest absolute Gasteiger partial charge is 0.391 e. The van der Waals surface area contributed by atoms with Gasteiger partial charge in [-0.15, -0.1) is 0 Å². The number of hydrogen-bond donors (Lipinski definition) is 8. The third kappa shape index (κ3) is 3.36. The average molecular weight is 342 g/mol. The Kier molecular flexibility index (Phi) is 5.60. The van der Waals surface area contributed by atoms with Crippen molar-refractivity contribution in [2.75, 3.05) is 26.4 Å². The fourth-order valence-corrected chi connectivity index (χ4v) is 2.44. The number of aliphatic hydroxyl groups is 8. The molecule has 11 heteroatoms. The molecule has 0 aromatic carbocycles. The SMILES string of the molecule is OC[C@@]1(OC[C@@]2(O)OC[C@@H](O)[C@@H](O)[C@@H]2O)OC[C@@H](O)[C@@H](O)[C@@H]1O. The Balaban J connectivity index is 2.08. The number of rotatable bonds is 4. The van der Waals surface area contributed by atoms with E-state index in [1.165, 1.54) is 0 Å². The lowest BCUT2D eigenvalue weighted by atomic mass is 9.95. The van der Waals surface area contributed by atoms with E-state index in [2.05, 4.69) is 0 Å². The van der Waals surface area contributed by atoms with E-state index in [1.807, 2.05) is 0 Å². The highest BCUT2D eigenvalue weighted by Crippen LogP contribution is 2.31. The third-order valence-electron chi connectivity index (χ3n) is 4.09. The van der Waals surface area contributed by atoms with Crippen LogP contribution in [0.1, 0.15) is 0 Å². The Bertz CT molecular complexity index is 408. The molecule has 0 aliphatic carbocycles. The first-order valence-electron chi connectivity index (χ1n) is 7.00. The lowest BCUT2D eigenvalue weighted by molar-refractivity contribution is -0.391. The summed E-state index contributed by atoms with van der Waals surface area (Å²) in [4.78, 5) is 0. The first-order chi connectivity index (χ1) is 10.7. The maximum Gasteiger partial charge on any atom is 0.221 e. The van der Waals surface area contributed by atoms with Crippen molar-refractivity contribution < 1.29 is 55.1 Å². The molecule has 11 nitrogen and oxygen atoms in total. The van der Waals surface area contributed by atoms with Crippen LogP contribution in [0.3, 0.4) is 0 Å². The zero-order chi connectivity index (χ0) is 17.4. The van der Waals surface area contributed by atoms with Crippen LogP contribution >= 0.6 is 0 Å². The molecule has 0 radical (unpaired) electrons. The second-order valence-corrected chi connectivity index (χ2v) is 5.73. The van der Waals surface area contributed by atoms with Crippen molar-refractivity contribution in [1.29, 1.82) is 0 Å². The average Bonchev–Trinajstić information content (AvgIpc) is 2.55. The Morgan fingerprint density at radius 1 is 0.870 bits per heavy atom. The summed E-state index contributed by atoms with van der Waals surface area (Å²) in [6, 6.07) is 0. The predicted octanol–water partition coefficient (Wildman–Crippen LogP) is -5.39. The van der Waals surface area contributed by atoms with Crippen molar-refractivity contribution in [2.24, 2.45) is 0 Å².